The highest BCUT2D eigenvalue weighted by Gasteiger charge is 2.29. The average molecular weight is 357 g/mol. The van der Waals surface area contributed by atoms with Crippen LogP contribution in [-0.2, 0) is 17.7 Å². The normalized spacial score (nSPS) is 18.3. The van der Waals surface area contributed by atoms with E-state index in [1.807, 2.05) is 36.3 Å². The van der Waals surface area contributed by atoms with Crippen LogP contribution in [0.3, 0.4) is 0 Å². The van der Waals surface area contributed by atoms with Crippen molar-refractivity contribution in [2.75, 3.05) is 13.1 Å². The zero-order chi connectivity index (χ0) is 18.5. The highest BCUT2D eigenvalue weighted by atomic mass is 16.6. The van der Waals surface area contributed by atoms with Crippen LogP contribution in [0.5, 0.6) is 0 Å². The second kappa shape index (κ2) is 6.18. The van der Waals surface area contributed by atoms with Crippen molar-refractivity contribution < 1.29 is 9.53 Å². The molecule has 2 aliphatic heterocycles. The molecule has 1 amide bonds. The lowest BCUT2D eigenvalue weighted by molar-refractivity contribution is 0.0204. The predicted octanol–water partition coefficient (Wildman–Crippen LogP) is 3.39. The Morgan fingerprint density at radius 3 is 2.62 bits per heavy atom. The summed E-state index contributed by atoms with van der Waals surface area (Å²) in [5.74, 6) is 0.435. The van der Waals surface area contributed by atoms with Crippen LogP contribution in [-0.4, -0.2) is 39.2 Å². The van der Waals surface area contributed by atoms with Crippen LogP contribution in [0.4, 0.5) is 4.79 Å². The maximum absolute atomic E-state index is 12.3. The Morgan fingerprint density at radius 1 is 1.19 bits per heavy atom. The molecule has 6 heteroatoms. The summed E-state index contributed by atoms with van der Waals surface area (Å²) in [5.41, 5.74) is 4.25. The predicted molar refractivity (Wildman–Crippen MR) is 101 cm³/mol. The number of carbonyl (C=O) groups excluding carboxylic acids is 1. The number of aromatic nitrogens is 2. The molecule has 0 saturated carbocycles. The lowest BCUT2D eigenvalue weighted by atomic mass is 9.84. The van der Waals surface area contributed by atoms with Gasteiger partial charge >= 0.3 is 11.8 Å². The lowest BCUT2D eigenvalue weighted by Crippen LogP contribution is -2.41. The molecule has 0 atom stereocenters. The zero-order valence-corrected chi connectivity index (χ0v) is 15.8. The number of ether oxygens (including phenoxy) is 1. The van der Waals surface area contributed by atoms with Gasteiger partial charge in [0.25, 0.3) is 0 Å². The van der Waals surface area contributed by atoms with E-state index in [1.165, 1.54) is 11.1 Å². The molecule has 0 aliphatic carbocycles. The molecule has 2 aromatic rings. The molecule has 0 spiro atoms. The van der Waals surface area contributed by atoms with Crippen LogP contribution >= 0.6 is 0 Å². The molecule has 4 rings (SSSR count). The highest BCUT2D eigenvalue weighted by Crippen LogP contribution is 2.35. The molecule has 1 aromatic heterocycles. The summed E-state index contributed by atoms with van der Waals surface area (Å²) in [5, 5.41) is 0. The molecule has 1 fully saturated rings. The van der Waals surface area contributed by atoms with Crippen molar-refractivity contribution in [1.29, 1.82) is 0 Å². The number of benzene rings is 1. The Balaban J connectivity index is 1.55. The molecule has 6 nitrogen and oxygen atoms in total. The Hall–Kier alpha value is -2.24. The van der Waals surface area contributed by atoms with Gasteiger partial charge in [0.2, 0.25) is 0 Å². The fraction of sp³-hybridized carbons (Fsp3) is 0.600. The van der Waals surface area contributed by atoms with Crippen molar-refractivity contribution in [2.24, 2.45) is 0 Å². The van der Waals surface area contributed by atoms with E-state index in [4.69, 9.17) is 4.74 Å². The largest absolute Gasteiger partial charge is 0.444 e. The second-order valence-electron chi connectivity index (χ2n) is 8.46. The van der Waals surface area contributed by atoms with Crippen LogP contribution in [0.15, 0.2) is 16.9 Å². The first-order valence-corrected chi connectivity index (χ1v) is 9.56. The van der Waals surface area contributed by atoms with Crippen molar-refractivity contribution in [1.82, 2.24) is 14.5 Å². The van der Waals surface area contributed by atoms with Gasteiger partial charge in [-0.15, -0.1) is 0 Å². The van der Waals surface area contributed by atoms with Crippen LogP contribution in [0, 0.1) is 0 Å². The number of aryl methyl sites for hydroxylation is 2. The third-order valence-corrected chi connectivity index (χ3v) is 5.47. The molecule has 26 heavy (non-hydrogen) atoms. The maximum Gasteiger partial charge on any atom is 0.410 e. The standard InChI is InChI=1S/C20H27N3O3/c1-20(2,3)26-19(25)22-11-8-13(9-12-22)14-6-7-16-17-15(14)5-4-10-23(17)18(24)21-16/h6-7,13H,4-5,8-12H2,1-3H3,(H,21,24). The third-order valence-electron chi connectivity index (χ3n) is 5.47. The Bertz CT molecular complexity index is 895. The smallest absolute Gasteiger partial charge is 0.410 e. The Morgan fingerprint density at radius 2 is 1.92 bits per heavy atom. The van der Waals surface area contributed by atoms with Crippen molar-refractivity contribution in [3.8, 4) is 0 Å². The number of carbonyl (C=O) groups is 1. The number of H-pyrrole nitrogens is 1. The van der Waals surface area contributed by atoms with Gasteiger partial charge in [-0.3, -0.25) is 4.57 Å². The van der Waals surface area contributed by atoms with Gasteiger partial charge < -0.3 is 14.6 Å². The minimum absolute atomic E-state index is 0.00200. The number of imidazole rings is 1. The van der Waals surface area contributed by atoms with Gasteiger partial charge in [0, 0.05) is 19.6 Å². The summed E-state index contributed by atoms with van der Waals surface area (Å²) in [4.78, 5) is 29.2. The summed E-state index contributed by atoms with van der Waals surface area (Å²) in [6.07, 6.45) is 3.69. The highest BCUT2D eigenvalue weighted by molar-refractivity contribution is 5.81. The number of hydrogen-bond donors (Lipinski definition) is 1. The van der Waals surface area contributed by atoms with Gasteiger partial charge in [-0.25, -0.2) is 9.59 Å². The first-order chi connectivity index (χ1) is 12.3. The lowest BCUT2D eigenvalue weighted by Gasteiger charge is -2.34. The Labute approximate surface area is 153 Å². The van der Waals surface area contributed by atoms with Gasteiger partial charge in [0.05, 0.1) is 11.0 Å². The van der Waals surface area contributed by atoms with Crippen molar-refractivity contribution in [3.63, 3.8) is 0 Å². The molecule has 3 heterocycles. The number of aromatic amines is 1. The molecule has 140 valence electrons. The molecular weight excluding hydrogens is 330 g/mol. The fourth-order valence-electron chi connectivity index (χ4n) is 4.32. The van der Waals surface area contributed by atoms with Gasteiger partial charge in [-0.05, 0) is 69.6 Å². The van der Waals surface area contributed by atoms with Crippen molar-refractivity contribution in [2.45, 2.75) is 64.5 Å². The van der Waals surface area contributed by atoms with Crippen molar-refractivity contribution in [3.05, 3.63) is 33.7 Å². The minimum atomic E-state index is -0.457. The number of nitrogens with one attached hydrogen (secondary N) is 1. The van der Waals surface area contributed by atoms with Crippen LogP contribution in [0.1, 0.15) is 57.1 Å². The van der Waals surface area contributed by atoms with E-state index in [0.29, 0.717) is 5.92 Å². The monoisotopic (exact) mass is 357 g/mol. The summed E-state index contributed by atoms with van der Waals surface area (Å²) < 4.78 is 7.38. The third kappa shape index (κ3) is 3.02. The van der Waals surface area contributed by atoms with E-state index in [-0.39, 0.29) is 11.8 Å². The summed E-state index contributed by atoms with van der Waals surface area (Å²) in [7, 11) is 0. The second-order valence-corrected chi connectivity index (χ2v) is 8.46. The average Bonchev–Trinajstić information content (AvgIpc) is 2.92. The summed E-state index contributed by atoms with van der Waals surface area (Å²) >= 11 is 0. The fourth-order valence-corrected chi connectivity index (χ4v) is 4.32. The van der Waals surface area contributed by atoms with E-state index in [1.54, 1.807) is 0 Å². The first-order valence-electron chi connectivity index (χ1n) is 9.56. The van der Waals surface area contributed by atoms with E-state index in [9.17, 15) is 9.59 Å². The van der Waals surface area contributed by atoms with Gasteiger partial charge in [-0.1, -0.05) is 6.07 Å². The van der Waals surface area contributed by atoms with E-state index >= 15 is 0 Å². The summed E-state index contributed by atoms with van der Waals surface area (Å²) in [6.45, 7) is 7.93. The molecular formula is C20H27N3O3. The number of nitrogens with zero attached hydrogens (tertiary/aromatic N) is 2. The molecule has 1 N–H and O–H groups in total. The summed E-state index contributed by atoms with van der Waals surface area (Å²) in [6, 6.07) is 4.22. The number of amides is 1. The number of likely N-dealkylation sites (tertiary alicyclic amines) is 1. The van der Waals surface area contributed by atoms with Gasteiger partial charge in [0.1, 0.15) is 5.60 Å². The van der Waals surface area contributed by atoms with E-state index in [0.717, 1.165) is 56.4 Å². The number of hydrogen-bond acceptors (Lipinski definition) is 3. The van der Waals surface area contributed by atoms with Gasteiger partial charge in [0.15, 0.2) is 0 Å². The quantitative estimate of drug-likeness (QED) is 0.851. The van der Waals surface area contributed by atoms with Crippen LogP contribution < -0.4 is 5.69 Å². The number of piperidine rings is 1. The van der Waals surface area contributed by atoms with Gasteiger partial charge in [-0.2, -0.15) is 0 Å². The number of rotatable bonds is 1. The molecule has 1 aromatic carbocycles. The first kappa shape index (κ1) is 17.2. The van der Waals surface area contributed by atoms with Crippen LogP contribution in [0.2, 0.25) is 0 Å². The molecule has 0 radical (unpaired) electrons. The molecule has 1 saturated heterocycles. The molecule has 0 bridgehead atoms. The van der Waals surface area contributed by atoms with E-state index < -0.39 is 5.60 Å². The van der Waals surface area contributed by atoms with Crippen LogP contribution in [0.25, 0.3) is 11.0 Å². The zero-order valence-electron chi connectivity index (χ0n) is 15.8. The Kier molecular flexibility index (Phi) is 4.09. The minimum Gasteiger partial charge on any atom is -0.444 e. The topological polar surface area (TPSA) is 67.3 Å². The van der Waals surface area contributed by atoms with Crippen molar-refractivity contribution >= 4 is 17.1 Å². The SMILES string of the molecule is CC(C)(C)OC(=O)N1CCC(c2ccc3[nH]c(=O)n4c3c2CCC4)CC1. The maximum atomic E-state index is 12.3. The molecule has 2 aliphatic rings. The van der Waals surface area contributed by atoms with E-state index in [2.05, 4.69) is 11.1 Å². The molecule has 0 unspecified atom stereocenters.